The van der Waals surface area contributed by atoms with Crippen LogP contribution in [-0.2, 0) is 14.4 Å². The molecule has 9 nitrogen and oxygen atoms in total. The second kappa shape index (κ2) is 13.0. The number of nitrogens with one attached hydrogen (secondary N) is 2. The molecule has 0 spiro atoms. The average molecular weight is 559 g/mol. The third kappa shape index (κ3) is 7.55. The maximum Gasteiger partial charge on any atom is 0.426 e. The van der Waals surface area contributed by atoms with E-state index in [0.717, 1.165) is 22.9 Å². The summed E-state index contributed by atoms with van der Waals surface area (Å²) in [6, 6.07) is 16.5. The summed E-state index contributed by atoms with van der Waals surface area (Å²) < 4.78 is 0. The monoisotopic (exact) mass is 558 g/mol. The van der Waals surface area contributed by atoms with Gasteiger partial charge in [0, 0.05) is 23.7 Å². The molecular weight excluding hydrogens is 520 g/mol. The third-order valence-electron chi connectivity index (χ3n) is 7.38. The van der Waals surface area contributed by atoms with Crippen molar-refractivity contribution in [3.05, 3.63) is 78.0 Å². The molecule has 3 aromatic rings. The zero-order chi connectivity index (χ0) is 29.6. The molecule has 1 fully saturated rings. The number of rotatable bonds is 11. The molecule has 2 unspecified atom stereocenters. The van der Waals surface area contributed by atoms with Crippen molar-refractivity contribution >= 4 is 34.5 Å². The number of hydrogen-bond donors (Lipinski definition) is 2. The topological polar surface area (TPSA) is 118 Å². The standard InChI is InChI=1S/C32H38N4O5/c1-5-6-15-26(29(38)30(39)34-21(2)22-12-8-7-9-13-22)35-31(40)41-36-20-32(3,4)18-27(36)28(37)24-17-23-14-10-11-16-25(23)33-19-24/h7-14,16-17,19,21,26-27H,5-6,15,18,20H2,1-4H3,(H,34,39)(H,35,40)/t21?,26-,27?/m1/s1. The van der Waals surface area contributed by atoms with Gasteiger partial charge in [-0.1, -0.05) is 82.1 Å². The Labute approximate surface area is 240 Å². The van der Waals surface area contributed by atoms with Crippen molar-refractivity contribution < 1.29 is 24.0 Å². The highest BCUT2D eigenvalue weighted by molar-refractivity contribution is 6.38. The number of carbonyl (C=O) groups is 4. The molecule has 2 N–H and O–H groups in total. The van der Waals surface area contributed by atoms with E-state index < -0.39 is 29.9 Å². The molecule has 1 aliphatic rings. The highest BCUT2D eigenvalue weighted by Gasteiger charge is 2.44. The first kappa shape index (κ1) is 29.9. The highest BCUT2D eigenvalue weighted by Crippen LogP contribution is 2.36. The van der Waals surface area contributed by atoms with Crippen LogP contribution in [0.5, 0.6) is 0 Å². The summed E-state index contributed by atoms with van der Waals surface area (Å²) in [5, 5.41) is 7.53. The Morgan fingerprint density at radius 2 is 1.76 bits per heavy atom. The number of aromatic nitrogens is 1. The maximum atomic E-state index is 13.6. The molecule has 216 valence electrons. The number of hydrogen-bond acceptors (Lipinski definition) is 7. The highest BCUT2D eigenvalue weighted by atomic mass is 16.7. The quantitative estimate of drug-likeness (QED) is 0.246. The molecule has 2 aromatic carbocycles. The molecule has 2 amide bonds. The summed E-state index contributed by atoms with van der Waals surface area (Å²) in [5.74, 6) is -1.72. The number of ketones is 2. The fraction of sp³-hybridized carbons (Fsp3) is 0.406. The number of nitrogens with zero attached hydrogens (tertiary/aromatic N) is 2. The third-order valence-corrected chi connectivity index (χ3v) is 7.38. The van der Waals surface area contributed by atoms with Crippen LogP contribution in [-0.4, -0.2) is 52.2 Å². The minimum Gasteiger partial charge on any atom is -0.350 e. The molecule has 9 heteroatoms. The van der Waals surface area contributed by atoms with E-state index in [1.165, 1.54) is 5.06 Å². The van der Waals surface area contributed by atoms with Crippen LogP contribution in [0.1, 0.15) is 75.3 Å². The number of hydroxylamine groups is 2. The smallest absolute Gasteiger partial charge is 0.350 e. The van der Waals surface area contributed by atoms with Crippen molar-refractivity contribution in [2.24, 2.45) is 5.41 Å². The number of unbranched alkanes of at least 4 members (excludes halogenated alkanes) is 1. The number of amides is 2. The van der Waals surface area contributed by atoms with E-state index in [9.17, 15) is 19.2 Å². The van der Waals surface area contributed by atoms with Crippen LogP contribution in [0.4, 0.5) is 4.79 Å². The van der Waals surface area contributed by atoms with Gasteiger partial charge in [0.1, 0.15) is 12.1 Å². The van der Waals surface area contributed by atoms with Gasteiger partial charge in [-0.2, -0.15) is 0 Å². The number of Topliss-reactive ketones (excluding diaryl/α,β-unsaturated/α-hetero) is 2. The van der Waals surface area contributed by atoms with Crippen LogP contribution >= 0.6 is 0 Å². The molecule has 0 bridgehead atoms. The molecule has 1 aliphatic heterocycles. The van der Waals surface area contributed by atoms with Crippen LogP contribution in [0.2, 0.25) is 0 Å². The molecule has 0 radical (unpaired) electrons. The Hall–Kier alpha value is -4.11. The van der Waals surface area contributed by atoms with Gasteiger partial charge >= 0.3 is 6.09 Å². The van der Waals surface area contributed by atoms with E-state index >= 15 is 0 Å². The number of benzene rings is 2. The molecular formula is C32H38N4O5. The summed E-state index contributed by atoms with van der Waals surface area (Å²) in [4.78, 5) is 62.6. The second-order valence-electron chi connectivity index (χ2n) is 11.4. The normalized spacial score (nSPS) is 17.9. The lowest BCUT2D eigenvalue weighted by Crippen LogP contribution is -2.50. The van der Waals surface area contributed by atoms with Gasteiger partial charge in [-0.3, -0.25) is 19.4 Å². The summed E-state index contributed by atoms with van der Waals surface area (Å²) in [7, 11) is 0. The van der Waals surface area contributed by atoms with Gasteiger partial charge in [-0.15, -0.1) is 5.06 Å². The lowest BCUT2D eigenvalue weighted by molar-refractivity contribution is -0.140. The number of carbonyl (C=O) groups excluding carboxylic acids is 4. The zero-order valence-corrected chi connectivity index (χ0v) is 24.1. The Morgan fingerprint density at radius 3 is 2.49 bits per heavy atom. The summed E-state index contributed by atoms with van der Waals surface area (Å²) >= 11 is 0. The maximum absolute atomic E-state index is 13.6. The largest absolute Gasteiger partial charge is 0.426 e. The SMILES string of the molecule is CCCC[C@@H](NC(=O)ON1CC(C)(C)CC1C(=O)c1cnc2ccccc2c1)C(=O)C(=O)NC(C)c1ccccc1. The van der Waals surface area contributed by atoms with E-state index in [4.69, 9.17) is 4.84 Å². The lowest BCUT2D eigenvalue weighted by atomic mass is 9.88. The predicted molar refractivity (Wildman–Crippen MR) is 156 cm³/mol. The van der Waals surface area contributed by atoms with Crippen LogP contribution in [0.25, 0.3) is 10.9 Å². The Kier molecular flexibility index (Phi) is 9.50. The summed E-state index contributed by atoms with van der Waals surface area (Å²) in [6.07, 6.45) is 2.83. The minimum atomic E-state index is -1.06. The zero-order valence-electron chi connectivity index (χ0n) is 24.1. The van der Waals surface area contributed by atoms with Gasteiger partial charge in [0.25, 0.3) is 5.91 Å². The summed E-state index contributed by atoms with van der Waals surface area (Å²) in [5.41, 5.74) is 1.78. The van der Waals surface area contributed by atoms with Gasteiger partial charge in [-0.25, -0.2) is 4.79 Å². The fourth-order valence-electron chi connectivity index (χ4n) is 5.14. The van der Waals surface area contributed by atoms with Crippen LogP contribution < -0.4 is 10.6 Å². The van der Waals surface area contributed by atoms with E-state index in [0.29, 0.717) is 24.9 Å². The summed E-state index contributed by atoms with van der Waals surface area (Å²) in [6.45, 7) is 8.08. The van der Waals surface area contributed by atoms with Crippen LogP contribution in [0.15, 0.2) is 66.9 Å². The molecule has 1 saturated heterocycles. The van der Waals surface area contributed by atoms with Gasteiger partial charge in [-0.05, 0) is 42.9 Å². The number of para-hydroxylation sites is 1. The van der Waals surface area contributed by atoms with Gasteiger partial charge in [0.15, 0.2) is 5.78 Å². The molecule has 1 aromatic heterocycles. The minimum absolute atomic E-state index is 0.200. The van der Waals surface area contributed by atoms with Crippen molar-refractivity contribution in [2.75, 3.05) is 6.54 Å². The van der Waals surface area contributed by atoms with E-state index in [1.54, 1.807) is 19.2 Å². The van der Waals surface area contributed by atoms with Crippen molar-refractivity contribution in [3.8, 4) is 0 Å². The fourth-order valence-corrected chi connectivity index (χ4v) is 5.14. The van der Waals surface area contributed by atoms with Crippen molar-refractivity contribution in [1.29, 1.82) is 0 Å². The Balaban J connectivity index is 1.44. The van der Waals surface area contributed by atoms with E-state index in [2.05, 4.69) is 15.6 Å². The Bertz CT molecular complexity index is 1410. The molecule has 2 heterocycles. The van der Waals surface area contributed by atoms with Crippen LogP contribution in [0.3, 0.4) is 0 Å². The molecule has 4 rings (SSSR count). The predicted octanol–water partition coefficient (Wildman–Crippen LogP) is 5.16. The lowest BCUT2D eigenvalue weighted by Gasteiger charge is -2.24. The van der Waals surface area contributed by atoms with Crippen molar-refractivity contribution in [3.63, 3.8) is 0 Å². The number of fused-ring (bicyclic) bond motifs is 1. The molecule has 3 atom stereocenters. The Morgan fingerprint density at radius 1 is 1.05 bits per heavy atom. The molecule has 0 aliphatic carbocycles. The average Bonchev–Trinajstić information content (AvgIpc) is 3.27. The first-order valence-electron chi connectivity index (χ1n) is 14.1. The van der Waals surface area contributed by atoms with Gasteiger partial charge in [0.05, 0.1) is 11.6 Å². The number of pyridine rings is 1. The van der Waals surface area contributed by atoms with Crippen molar-refractivity contribution in [1.82, 2.24) is 20.7 Å². The van der Waals surface area contributed by atoms with Crippen LogP contribution in [0, 0.1) is 5.41 Å². The van der Waals surface area contributed by atoms with Gasteiger partial charge < -0.3 is 15.5 Å². The van der Waals surface area contributed by atoms with E-state index in [1.807, 2.05) is 75.4 Å². The second-order valence-corrected chi connectivity index (χ2v) is 11.4. The van der Waals surface area contributed by atoms with E-state index in [-0.39, 0.29) is 23.7 Å². The first-order valence-corrected chi connectivity index (χ1v) is 14.1. The molecule has 0 saturated carbocycles. The first-order chi connectivity index (χ1) is 19.6. The molecule has 41 heavy (non-hydrogen) atoms. The van der Waals surface area contributed by atoms with Crippen molar-refractivity contribution in [2.45, 2.75) is 71.5 Å². The van der Waals surface area contributed by atoms with Gasteiger partial charge in [0.2, 0.25) is 5.78 Å².